The van der Waals surface area contributed by atoms with Crippen molar-refractivity contribution < 1.29 is 0 Å². The molecule has 18 heavy (non-hydrogen) atoms. The molecule has 1 heterocycles. The molecule has 2 aromatic rings. The van der Waals surface area contributed by atoms with Crippen LogP contribution in [0.4, 0.5) is 0 Å². The Morgan fingerprint density at radius 3 is 2.83 bits per heavy atom. The summed E-state index contributed by atoms with van der Waals surface area (Å²) >= 11 is 0. The van der Waals surface area contributed by atoms with E-state index in [2.05, 4.69) is 48.5 Å². The van der Waals surface area contributed by atoms with Gasteiger partial charge in [0.05, 0.1) is 5.69 Å². The van der Waals surface area contributed by atoms with Crippen molar-refractivity contribution in [1.82, 2.24) is 15.1 Å². The van der Waals surface area contributed by atoms with Crippen LogP contribution in [0.3, 0.4) is 0 Å². The van der Waals surface area contributed by atoms with Crippen LogP contribution in [0.15, 0.2) is 42.7 Å². The van der Waals surface area contributed by atoms with Crippen molar-refractivity contribution in [3.05, 3.63) is 48.3 Å². The molecule has 0 aliphatic rings. The fourth-order valence-electron chi connectivity index (χ4n) is 2.11. The molecule has 0 radical (unpaired) electrons. The van der Waals surface area contributed by atoms with Gasteiger partial charge in [-0.25, -0.2) is 4.68 Å². The van der Waals surface area contributed by atoms with E-state index < -0.39 is 0 Å². The zero-order valence-electron chi connectivity index (χ0n) is 11.1. The van der Waals surface area contributed by atoms with Gasteiger partial charge in [-0.3, -0.25) is 0 Å². The van der Waals surface area contributed by atoms with Gasteiger partial charge in [-0.15, -0.1) is 0 Å². The third kappa shape index (κ3) is 3.20. The highest BCUT2D eigenvalue weighted by atomic mass is 15.3. The van der Waals surface area contributed by atoms with Crippen LogP contribution in [0.25, 0.3) is 5.69 Å². The van der Waals surface area contributed by atoms with Gasteiger partial charge in [0.1, 0.15) is 0 Å². The normalized spacial score (nSPS) is 12.6. The van der Waals surface area contributed by atoms with Gasteiger partial charge in [0.15, 0.2) is 0 Å². The first-order chi connectivity index (χ1) is 8.81. The van der Waals surface area contributed by atoms with E-state index in [0.717, 1.165) is 12.2 Å². The minimum absolute atomic E-state index is 0.556. The van der Waals surface area contributed by atoms with Crippen molar-refractivity contribution in [2.45, 2.75) is 39.3 Å². The average Bonchev–Trinajstić information content (AvgIpc) is 2.91. The van der Waals surface area contributed by atoms with E-state index in [1.807, 2.05) is 23.1 Å². The lowest BCUT2D eigenvalue weighted by Gasteiger charge is -2.15. The molecule has 0 fully saturated rings. The summed E-state index contributed by atoms with van der Waals surface area (Å²) in [4.78, 5) is 0. The van der Waals surface area contributed by atoms with Crippen LogP contribution >= 0.6 is 0 Å². The molecule has 1 aromatic carbocycles. The molecule has 96 valence electrons. The first-order valence-corrected chi connectivity index (χ1v) is 6.62. The summed E-state index contributed by atoms with van der Waals surface area (Å²) in [5, 5.41) is 7.86. The number of hydrogen-bond donors (Lipinski definition) is 1. The molecule has 2 rings (SSSR count). The van der Waals surface area contributed by atoms with Crippen molar-refractivity contribution in [1.29, 1.82) is 0 Å². The third-order valence-corrected chi connectivity index (χ3v) is 3.11. The van der Waals surface area contributed by atoms with Crippen LogP contribution < -0.4 is 5.32 Å². The van der Waals surface area contributed by atoms with Crippen molar-refractivity contribution in [2.75, 3.05) is 0 Å². The van der Waals surface area contributed by atoms with Gasteiger partial charge in [0.2, 0.25) is 0 Å². The van der Waals surface area contributed by atoms with Crippen LogP contribution in [-0.2, 0) is 6.54 Å². The molecule has 3 nitrogen and oxygen atoms in total. The average molecular weight is 243 g/mol. The number of aromatic nitrogens is 2. The Hall–Kier alpha value is -1.61. The Bertz CT molecular complexity index is 462. The zero-order chi connectivity index (χ0) is 12.8. The fourth-order valence-corrected chi connectivity index (χ4v) is 2.11. The molecule has 1 atom stereocenters. The largest absolute Gasteiger partial charge is 0.310 e. The standard InChI is InChI=1S/C15H21N3/c1-3-7-13(2)16-12-14-8-4-5-9-15(14)18-11-6-10-17-18/h4-6,8-11,13,16H,3,7,12H2,1-2H3. The Morgan fingerprint density at radius 1 is 1.28 bits per heavy atom. The Labute approximate surface area is 109 Å². The van der Waals surface area contributed by atoms with E-state index in [9.17, 15) is 0 Å². The van der Waals surface area contributed by atoms with Crippen molar-refractivity contribution in [3.63, 3.8) is 0 Å². The second-order valence-corrected chi connectivity index (χ2v) is 4.65. The molecule has 3 heteroatoms. The topological polar surface area (TPSA) is 29.9 Å². The predicted octanol–water partition coefficient (Wildman–Crippen LogP) is 3.15. The minimum atomic E-state index is 0.556. The Kier molecular flexibility index (Phi) is 4.53. The Morgan fingerprint density at radius 2 is 2.11 bits per heavy atom. The summed E-state index contributed by atoms with van der Waals surface area (Å²) in [6.07, 6.45) is 6.22. The van der Waals surface area contributed by atoms with E-state index in [0.29, 0.717) is 6.04 Å². The van der Waals surface area contributed by atoms with Gasteiger partial charge < -0.3 is 5.32 Å². The summed E-state index contributed by atoms with van der Waals surface area (Å²) in [5.41, 5.74) is 2.43. The first kappa shape index (κ1) is 12.8. The number of rotatable bonds is 6. The lowest BCUT2D eigenvalue weighted by Crippen LogP contribution is -2.25. The molecule has 1 unspecified atom stereocenters. The third-order valence-electron chi connectivity index (χ3n) is 3.11. The number of para-hydroxylation sites is 1. The SMILES string of the molecule is CCCC(C)NCc1ccccc1-n1cccn1. The van der Waals surface area contributed by atoms with Gasteiger partial charge in [-0.1, -0.05) is 31.5 Å². The molecular weight excluding hydrogens is 222 g/mol. The van der Waals surface area contributed by atoms with Crippen molar-refractivity contribution in [3.8, 4) is 5.69 Å². The van der Waals surface area contributed by atoms with E-state index >= 15 is 0 Å². The lowest BCUT2D eigenvalue weighted by atomic mass is 10.1. The van der Waals surface area contributed by atoms with Crippen molar-refractivity contribution in [2.24, 2.45) is 0 Å². The van der Waals surface area contributed by atoms with Gasteiger partial charge >= 0.3 is 0 Å². The number of benzene rings is 1. The number of nitrogens with one attached hydrogen (secondary N) is 1. The molecule has 0 amide bonds. The summed E-state index contributed by atoms with van der Waals surface area (Å²) in [5.74, 6) is 0. The summed E-state index contributed by atoms with van der Waals surface area (Å²) < 4.78 is 1.92. The maximum atomic E-state index is 4.30. The van der Waals surface area contributed by atoms with E-state index in [-0.39, 0.29) is 0 Å². The maximum Gasteiger partial charge on any atom is 0.0690 e. The monoisotopic (exact) mass is 243 g/mol. The summed E-state index contributed by atoms with van der Waals surface area (Å²) in [7, 11) is 0. The first-order valence-electron chi connectivity index (χ1n) is 6.62. The highest BCUT2D eigenvalue weighted by Crippen LogP contribution is 2.13. The van der Waals surface area contributed by atoms with E-state index in [1.165, 1.54) is 18.4 Å². The maximum absolute atomic E-state index is 4.30. The van der Waals surface area contributed by atoms with E-state index in [4.69, 9.17) is 0 Å². The van der Waals surface area contributed by atoms with Gasteiger partial charge in [-0.2, -0.15) is 5.10 Å². The van der Waals surface area contributed by atoms with Crippen LogP contribution in [-0.4, -0.2) is 15.8 Å². The molecule has 0 bridgehead atoms. The smallest absolute Gasteiger partial charge is 0.0690 e. The van der Waals surface area contributed by atoms with Crippen LogP contribution in [0.1, 0.15) is 32.3 Å². The second-order valence-electron chi connectivity index (χ2n) is 4.65. The molecule has 0 aliphatic carbocycles. The number of nitrogens with zero attached hydrogens (tertiary/aromatic N) is 2. The van der Waals surface area contributed by atoms with Gasteiger partial charge in [-0.05, 0) is 31.0 Å². The summed E-state index contributed by atoms with van der Waals surface area (Å²) in [6, 6.07) is 10.9. The molecule has 0 spiro atoms. The van der Waals surface area contributed by atoms with Crippen LogP contribution in [0.5, 0.6) is 0 Å². The highest BCUT2D eigenvalue weighted by molar-refractivity contribution is 5.40. The lowest BCUT2D eigenvalue weighted by molar-refractivity contribution is 0.507. The van der Waals surface area contributed by atoms with Crippen molar-refractivity contribution >= 4 is 0 Å². The molecule has 0 aliphatic heterocycles. The zero-order valence-corrected chi connectivity index (χ0v) is 11.1. The highest BCUT2D eigenvalue weighted by Gasteiger charge is 2.05. The molecular formula is C15H21N3. The second kappa shape index (κ2) is 6.36. The molecule has 1 aromatic heterocycles. The fraction of sp³-hybridized carbons (Fsp3) is 0.400. The quantitative estimate of drug-likeness (QED) is 0.844. The van der Waals surface area contributed by atoms with Crippen LogP contribution in [0.2, 0.25) is 0 Å². The summed E-state index contributed by atoms with van der Waals surface area (Å²) in [6.45, 7) is 5.34. The van der Waals surface area contributed by atoms with Crippen LogP contribution in [0, 0.1) is 0 Å². The molecule has 0 saturated heterocycles. The number of hydrogen-bond acceptors (Lipinski definition) is 2. The predicted molar refractivity (Wildman–Crippen MR) is 74.8 cm³/mol. The van der Waals surface area contributed by atoms with E-state index in [1.54, 1.807) is 0 Å². The van der Waals surface area contributed by atoms with Gasteiger partial charge in [0, 0.05) is 25.0 Å². The minimum Gasteiger partial charge on any atom is -0.310 e. The van der Waals surface area contributed by atoms with Gasteiger partial charge in [0.25, 0.3) is 0 Å². The molecule has 1 N–H and O–H groups in total. The Balaban J connectivity index is 2.09. The molecule has 0 saturated carbocycles.